The molecule has 0 aliphatic carbocycles. The van der Waals surface area contributed by atoms with Gasteiger partial charge in [0.15, 0.2) is 0 Å². The van der Waals surface area contributed by atoms with E-state index in [1.807, 2.05) is 17.5 Å². The number of aliphatic hydroxyl groups is 1. The maximum atomic E-state index is 12.2. The zero-order chi connectivity index (χ0) is 15.4. The van der Waals surface area contributed by atoms with Gasteiger partial charge in [0.2, 0.25) is 0 Å². The monoisotopic (exact) mass is 317 g/mol. The molecule has 0 unspecified atom stereocenters. The molecule has 22 heavy (non-hydrogen) atoms. The van der Waals surface area contributed by atoms with Crippen LogP contribution in [0.2, 0.25) is 0 Å². The summed E-state index contributed by atoms with van der Waals surface area (Å²) in [5, 5.41) is 20.3. The molecule has 2 heterocycles. The van der Waals surface area contributed by atoms with Crippen molar-refractivity contribution in [2.24, 2.45) is 0 Å². The minimum absolute atomic E-state index is 0.0567. The smallest absolute Gasteiger partial charge is 0.277 e. The molecule has 0 aliphatic rings. The van der Waals surface area contributed by atoms with Gasteiger partial charge in [-0.25, -0.2) is 4.68 Å². The lowest BCUT2D eigenvalue weighted by Crippen LogP contribution is -2.31. The Morgan fingerprint density at radius 2 is 2.14 bits per heavy atom. The van der Waals surface area contributed by atoms with E-state index in [-0.39, 0.29) is 18.7 Å². The summed E-state index contributed by atoms with van der Waals surface area (Å²) in [6.07, 6.45) is -0.812. The SMILES string of the molecule is O=c1c2ccccc2nnn1C[C@H](O)COCc1cccs1. The van der Waals surface area contributed by atoms with E-state index in [0.29, 0.717) is 17.5 Å². The quantitative estimate of drug-likeness (QED) is 0.744. The molecule has 3 aromatic rings. The fourth-order valence-corrected chi connectivity index (χ4v) is 2.73. The van der Waals surface area contributed by atoms with Gasteiger partial charge < -0.3 is 9.84 Å². The number of hydrogen-bond acceptors (Lipinski definition) is 6. The first-order chi connectivity index (χ1) is 10.7. The first kappa shape index (κ1) is 14.8. The molecular weight excluding hydrogens is 302 g/mol. The van der Waals surface area contributed by atoms with Crippen molar-refractivity contribution in [1.29, 1.82) is 0 Å². The molecule has 0 amide bonds. The third-order valence-electron chi connectivity index (χ3n) is 3.15. The van der Waals surface area contributed by atoms with Crippen LogP contribution in [-0.4, -0.2) is 32.8 Å². The molecule has 3 rings (SSSR count). The highest BCUT2D eigenvalue weighted by atomic mass is 32.1. The predicted molar refractivity (Wildman–Crippen MR) is 83.8 cm³/mol. The molecule has 0 spiro atoms. The summed E-state index contributed by atoms with van der Waals surface area (Å²) in [5.74, 6) is 0. The molecule has 1 atom stereocenters. The van der Waals surface area contributed by atoms with Crippen LogP contribution in [0.1, 0.15) is 4.88 Å². The summed E-state index contributed by atoms with van der Waals surface area (Å²) in [5.41, 5.74) is 0.287. The third kappa shape index (κ3) is 3.38. The van der Waals surface area contributed by atoms with Crippen molar-refractivity contribution in [3.05, 3.63) is 57.0 Å². The fraction of sp³-hybridized carbons (Fsp3) is 0.267. The highest BCUT2D eigenvalue weighted by Gasteiger charge is 2.10. The van der Waals surface area contributed by atoms with Gasteiger partial charge in [-0.2, -0.15) is 0 Å². The van der Waals surface area contributed by atoms with Crippen molar-refractivity contribution >= 4 is 22.2 Å². The average Bonchev–Trinajstić information content (AvgIpc) is 3.04. The molecule has 7 heteroatoms. The van der Waals surface area contributed by atoms with Crippen molar-refractivity contribution < 1.29 is 9.84 Å². The third-order valence-corrected chi connectivity index (χ3v) is 4.00. The zero-order valence-corrected chi connectivity index (χ0v) is 12.6. The number of thiophene rings is 1. The van der Waals surface area contributed by atoms with E-state index in [2.05, 4.69) is 10.3 Å². The second kappa shape index (κ2) is 6.78. The zero-order valence-electron chi connectivity index (χ0n) is 11.8. The highest BCUT2D eigenvalue weighted by Crippen LogP contribution is 2.09. The average molecular weight is 317 g/mol. The molecule has 0 radical (unpaired) electrons. The van der Waals surface area contributed by atoms with Crippen LogP contribution in [0.4, 0.5) is 0 Å². The highest BCUT2D eigenvalue weighted by molar-refractivity contribution is 7.09. The van der Waals surface area contributed by atoms with E-state index >= 15 is 0 Å². The lowest BCUT2D eigenvalue weighted by atomic mass is 10.2. The normalized spacial score (nSPS) is 12.6. The summed E-state index contributed by atoms with van der Waals surface area (Å²) < 4.78 is 6.60. The van der Waals surface area contributed by atoms with Crippen LogP contribution in [0.15, 0.2) is 46.6 Å². The number of benzene rings is 1. The Bertz CT molecular complexity index is 801. The Morgan fingerprint density at radius 1 is 1.27 bits per heavy atom. The van der Waals surface area contributed by atoms with Crippen molar-refractivity contribution in [3.63, 3.8) is 0 Å². The van der Waals surface area contributed by atoms with Crippen LogP contribution in [0.25, 0.3) is 10.9 Å². The summed E-state index contributed by atoms with van der Waals surface area (Å²) in [6.45, 7) is 0.646. The van der Waals surface area contributed by atoms with Crippen molar-refractivity contribution in [2.45, 2.75) is 19.3 Å². The summed E-state index contributed by atoms with van der Waals surface area (Å²) >= 11 is 1.60. The number of aromatic nitrogens is 3. The molecular formula is C15H15N3O3S. The number of aliphatic hydroxyl groups excluding tert-OH is 1. The molecule has 2 aromatic heterocycles. The van der Waals surface area contributed by atoms with Gasteiger partial charge in [0.1, 0.15) is 5.52 Å². The number of hydrogen-bond donors (Lipinski definition) is 1. The Kier molecular flexibility index (Phi) is 4.57. The standard InChI is InChI=1S/C15H15N3O3S/c19-11(9-21-10-12-4-3-7-22-12)8-18-15(20)13-5-1-2-6-14(13)16-17-18/h1-7,11,19H,8-10H2/t11-/m0/s1. The van der Waals surface area contributed by atoms with Gasteiger partial charge in [-0.3, -0.25) is 4.79 Å². The second-order valence-electron chi connectivity index (χ2n) is 4.84. The molecule has 114 valence electrons. The molecule has 6 nitrogen and oxygen atoms in total. The van der Waals surface area contributed by atoms with E-state index in [4.69, 9.17) is 4.74 Å². The number of fused-ring (bicyclic) bond motifs is 1. The molecule has 0 fully saturated rings. The van der Waals surface area contributed by atoms with Crippen LogP contribution in [0, 0.1) is 0 Å². The Labute approximate surface area is 130 Å². The van der Waals surface area contributed by atoms with Gasteiger partial charge in [0, 0.05) is 4.88 Å². The van der Waals surface area contributed by atoms with Crippen LogP contribution < -0.4 is 5.56 Å². The lowest BCUT2D eigenvalue weighted by Gasteiger charge is -2.11. The Hall–Kier alpha value is -2.09. The van der Waals surface area contributed by atoms with E-state index in [1.165, 1.54) is 4.68 Å². The number of ether oxygens (including phenoxy) is 1. The van der Waals surface area contributed by atoms with Gasteiger partial charge in [-0.05, 0) is 23.6 Å². The van der Waals surface area contributed by atoms with Crippen LogP contribution in [0.5, 0.6) is 0 Å². The van der Waals surface area contributed by atoms with Gasteiger partial charge in [0.05, 0.1) is 31.2 Å². The van der Waals surface area contributed by atoms with Gasteiger partial charge in [-0.1, -0.05) is 23.4 Å². The molecule has 0 saturated heterocycles. The lowest BCUT2D eigenvalue weighted by molar-refractivity contribution is 0.0186. The van der Waals surface area contributed by atoms with Crippen molar-refractivity contribution in [1.82, 2.24) is 15.0 Å². The molecule has 1 aromatic carbocycles. The van der Waals surface area contributed by atoms with E-state index < -0.39 is 6.10 Å². The first-order valence-corrected chi connectivity index (χ1v) is 7.73. The maximum Gasteiger partial charge on any atom is 0.277 e. The Morgan fingerprint density at radius 3 is 2.95 bits per heavy atom. The predicted octanol–water partition coefficient (Wildman–Crippen LogP) is 1.43. The molecule has 0 bridgehead atoms. The minimum Gasteiger partial charge on any atom is -0.389 e. The van der Waals surface area contributed by atoms with Gasteiger partial charge in [0.25, 0.3) is 5.56 Å². The Balaban J connectivity index is 1.62. The molecule has 0 aliphatic heterocycles. The van der Waals surface area contributed by atoms with E-state index in [1.54, 1.807) is 35.6 Å². The largest absolute Gasteiger partial charge is 0.389 e. The minimum atomic E-state index is -0.812. The summed E-state index contributed by atoms with van der Waals surface area (Å²) in [4.78, 5) is 13.3. The molecule has 0 saturated carbocycles. The topological polar surface area (TPSA) is 77.2 Å². The number of rotatable bonds is 6. The van der Waals surface area contributed by atoms with Crippen molar-refractivity contribution in [3.8, 4) is 0 Å². The second-order valence-corrected chi connectivity index (χ2v) is 5.87. The van der Waals surface area contributed by atoms with Gasteiger partial charge >= 0.3 is 0 Å². The maximum absolute atomic E-state index is 12.2. The van der Waals surface area contributed by atoms with Gasteiger partial charge in [-0.15, -0.1) is 16.4 Å². The van der Waals surface area contributed by atoms with E-state index in [9.17, 15) is 9.90 Å². The summed E-state index contributed by atoms with van der Waals surface area (Å²) in [7, 11) is 0. The van der Waals surface area contributed by atoms with E-state index in [0.717, 1.165) is 4.88 Å². The first-order valence-electron chi connectivity index (χ1n) is 6.85. The summed E-state index contributed by atoms with van der Waals surface area (Å²) in [6, 6.07) is 10.9. The van der Waals surface area contributed by atoms with Crippen LogP contribution in [-0.2, 0) is 17.9 Å². The van der Waals surface area contributed by atoms with Crippen LogP contribution in [0.3, 0.4) is 0 Å². The molecule has 1 N–H and O–H groups in total. The van der Waals surface area contributed by atoms with Crippen LogP contribution >= 0.6 is 11.3 Å². The van der Waals surface area contributed by atoms with Crippen molar-refractivity contribution in [2.75, 3.05) is 6.61 Å². The fourth-order valence-electron chi connectivity index (χ4n) is 2.09. The number of nitrogens with zero attached hydrogens (tertiary/aromatic N) is 3.